The lowest BCUT2D eigenvalue weighted by Crippen LogP contribution is -2.31. The number of carbonyl (C=O) groups is 1. The van der Waals surface area contributed by atoms with Crippen LogP contribution in [-0.2, 0) is 10.4 Å². The molecule has 0 amide bonds. The summed E-state index contributed by atoms with van der Waals surface area (Å²) in [5.41, 5.74) is 0.707. The lowest BCUT2D eigenvalue weighted by Gasteiger charge is -2.28. The van der Waals surface area contributed by atoms with Gasteiger partial charge in [-0.3, -0.25) is 4.79 Å². The van der Waals surface area contributed by atoms with Gasteiger partial charge in [0.05, 0.1) is 0 Å². The van der Waals surface area contributed by atoms with E-state index in [1.165, 1.54) is 11.3 Å². The summed E-state index contributed by atoms with van der Waals surface area (Å²) in [5, 5.41) is 18.3. The number of Topliss-reactive ketones (excluding diaryl/α,β-unsaturated/α-hetero) is 1. The van der Waals surface area contributed by atoms with Gasteiger partial charge in [-0.2, -0.15) is 0 Å². The Hall–Kier alpha value is -0.810. The van der Waals surface area contributed by atoms with Crippen molar-refractivity contribution in [2.75, 3.05) is 0 Å². The Morgan fingerprint density at radius 1 is 1.46 bits per heavy atom. The smallest absolute Gasteiger partial charge is 0.149 e. The van der Waals surface area contributed by atoms with Crippen LogP contribution >= 0.6 is 11.3 Å². The maximum atomic E-state index is 11.0. The van der Waals surface area contributed by atoms with Crippen molar-refractivity contribution in [1.29, 1.82) is 0 Å². The van der Waals surface area contributed by atoms with Crippen molar-refractivity contribution in [1.82, 2.24) is 10.2 Å². The predicted molar refractivity (Wildman–Crippen MR) is 47.3 cm³/mol. The Bertz CT molecular complexity index is 300. The van der Waals surface area contributed by atoms with Crippen LogP contribution in [-0.4, -0.2) is 21.1 Å². The zero-order chi connectivity index (χ0) is 9.31. The summed E-state index contributed by atoms with van der Waals surface area (Å²) in [4.78, 5) is 11.0. The van der Waals surface area contributed by atoms with Crippen LogP contribution in [0.1, 0.15) is 30.7 Å². The average Bonchev–Trinajstić information content (AvgIpc) is 2.63. The van der Waals surface area contributed by atoms with Crippen LogP contribution in [0.2, 0.25) is 0 Å². The molecular formula is C8H10N2O2S. The largest absolute Gasteiger partial charge is 0.383 e. The van der Waals surface area contributed by atoms with Gasteiger partial charge in [0, 0.05) is 12.8 Å². The fourth-order valence-electron chi connectivity index (χ4n) is 1.53. The normalized spacial score (nSPS) is 21.8. The zero-order valence-corrected chi connectivity index (χ0v) is 7.88. The monoisotopic (exact) mass is 198 g/mol. The summed E-state index contributed by atoms with van der Waals surface area (Å²) in [6, 6.07) is 0. The van der Waals surface area contributed by atoms with Crippen LogP contribution < -0.4 is 0 Å². The van der Waals surface area contributed by atoms with Gasteiger partial charge in [0.15, 0.2) is 0 Å². The van der Waals surface area contributed by atoms with Crippen LogP contribution in [0.5, 0.6) is 0 Å². The first-order chi connectivity index (χ1) is 6.21. The van der Waals surface area contributed by atoms with Crippen molar-refractivity contribution < 1.29 is 9.90 Å². The molecule has 1 aliphatic carbocycles. The minimum atomic E-state index is -0.894. The minimum absolute atomic E-state index is 0.231. The van der Waals surface area contributed by atoms with E-state index in [0.717, 1.165) is 0 Å². The summed E-state index contributed by atoms with van der Waals surface area (Å²) < 4.78 is 0. The molecule has 1 N–H and O–H groups in total. The number of rotatable bonds is 1. The second-order valence-electron chi connectivity index (χ2n) is 3.31. The van der Waals surface area contributed by atoms with Crippen LogP contribution in [0.4, 0.5) is 0 Å². The van der Waals surface area contributed by atoms with E-state index in [9.17, 15) is 9.90 Å². The molecule has 1 aromatic heterocycles. The van der Waals surface area contributed by atoms with Gasteiger partial charge >= 0.3 is 0 Å². The lowest BCUT2D eigenvalue weighted by molar-refractivity contribution is -0.125. The number of aliphatic hydroxyl groups is 1. The maximum absolute atomic E-state index is 11.0. The summed E-state index contributed by atoms with van der Waals surface area (Å²) in [6.07, 6.45) is 1.88. The van der Waals surface area contributed by atoms with Crippen LogP contribution in [0.15, 0.2) is 5.51 Å². The number of hydrogen-bond donors (Lipinski definition) is 1. The van der Waals surface area contributed by atoms with Gasteiger partial charge in [0.2, 0.25) is 0 Å². The second kappa shape index (κ2) is 3.16. The highest BCUT2D eigenvalue weighted by atomic mass is 32.1. The molecule has 0 aromatic carbocycles. The SMILES string of the molecule is O=C1CCC(O)(c2nncs2)CC1. The van der Waals surface area contributed by atoms with E-state index >= 15 is 0 Å². The molecule has 5 heteroatoms. The first-order valence-corrected chi connectivity index (χ1v) is 5.09. The number of aromatic nitrogens is 2. The van der Waals surface area contributed by atoms with Gasteiger partial charge in [-0.25, -0.2) is 0 Å². The first kappa shape index (κ1) is 8.77. The fraction of sp³-hybridized carbons (Fsp3) is 0.625. The molecule has 1 aromatic rings. The van der Waals surface area contributed by atoms with Crippen LogP contribution in [0.3, 0.4) is 0 Å². The van der Waals surface area contributed by atoms with Crippen molar-refractivity contribution in [3.63, 3.8) is 0 Å². The molecule has 0 radical (unpaired) electrons. The molecule has 0 spiro atoms. The average molecular weight is 198 g/mol. The quantitative estimate of drug-likeness (QED) is 0.727. The van der Waals surface area contributed by atoms with Crippen molar-refractivity contribution in [2.45, 2.75) is 31.3 Å². The van der Waals surface area contributed by atoms with Crippen LogP contribution in [0, 0.1) is 0 Å². The first-order valence-electron chi connectivity index (χ1n) is 4.21. The third-order valence-electron chi connectivity index (χ3n) is 2.39. The van der Waals surface area contributed by atoms with E-state index in [0.29, 0.717) is 30.7 Å². The Balaban J connectivity index is 2.18. The molecule has 70 valence electrons. The molecule has 0 atom stereocenters. The molecule has 1 aliphatic rings. The summed E-state index contributed by atoms with van der Waals surface area (Å²) in [7, 11) is 0. The molecule has 4 nitrogen and oxygen atoms in total. The predicted octanol–water partition coefficient (Wildman–Crippen LogP) is 0.869. The number of hydrogen-bond acceptors (Lipinski definition) is 5. The van der Waals surface area contributed by atoms with E-state index in [2.05, 4.69) is 10.2 Å². The van der Waals surface area contributed by atoms with Gasteiger partial charge in [-0.05, 0) is 12.8 Å². The number of ketones is 1. The van der Waals surface area contributed by atoms with E-state index in [1.54, 1.807) is 5.51 Å². The summed E-state index contributed by atoms with van der Waals surface area (Å²) in [5.74, 6) is 0.231. The maximum Gasteiger partial charge on any atom is 0.149 e. The molecular weight excluding hydrogens is 188 g/mol. The Kier molecular flexibility index (Phi) is 2.13. The third kappa shape index (κ3) is 1.62. The number of nitrogens with zero attached hydrogens (tertiary/aromatic N) is 2. The van der Waals surface area contributed by atoms with Gasteiger partial charge in [0.1, 0.15) is 21.9 Å². The van der Waals surface area contributed by atoms with Crippen molar-refractivity contribution in [2.24, 2.45) is 0 Å². The lowest BCUT2D eigenvalue weighted by atomic mass is 9.85. The molecule has 0 unspecified atom stereocenters. The Morgan fingerprint density at radius 2 is 2.15 bits per heavy atom. The Morgan fingerprint density at radius 3 is 2.69 bits per heavy atom. The standard InChI is InChI=1S/C8H10N2O2S/c11-6-1-3-8(12,4-2-6)7-10-9-5-13-7/h5,12H,1-4H2. The molecule has 1 saturated carbocycles. The van der Waals surface area contributed by atoms with E-state index in [4.69, 9.17) is 0 Å². The molecule has 2 rings (SSSR count). The second-order valence-corrected chi connectivity index (χ2v) is 4.15. The van der Waals surface area contributed by atoms with Crippen molar-refractivity contribution in [3.05, 3.63) is 10.5 Å². The van der Waals surface area contributed by atoms with Crippen LogP contribution in [0.25, 0.3) is 0 Å². The highest BCUT2D eigenvalue weighted by molar-refractivity contribution is 7.09. The topological polar surface area (TPSA) is 63.1 Å². The summed E-state index contributed by atoms with van der Waals surface area (Å²) >= 11 is 1.35. The minimum Gasteiger partial charge on any atom is -0.383 e. The van der Waals surface area contributed by atoms with Gasteiger partial charge in [0.25, 0.3) is 0 Å². The van der Waals surface area contributed by atoms with E-state index < -0.39 is 5.60 Å². The fourth-order valence-corrected chi connectivity index (χ4v) is 2.24. The summed E-state index contributed by atoms with van der Waals surface area (Å²) in [6.45, 7) is 0. The third-order valence-corrected chi connectivity index (χ3v) is 3.28. The molecule has 1 heterocycles. The van der Waals surface area contributed by atoms with Crippen molar-refractivity contribution >= 4 is 17.1 Å². The number of carbonyl (C=O) groups excluding carboxylic acids is 1. The van der Waals surface area contributed by atoms with E-state index in [1.807, 2.05) is 0 Å². The zero-order valence-electron chi connectivity index (χ0n) is 7.06. The molecule has 0 saturated heterocycles. The van der Waals surface area contributed by atoms with Crippen molar-refractivity contribution in [3.8, 4) is 0 Å². The van der Waals surface area contributed by atoms with Gasteiger partial charge < -0.3 is 5.11 Å². The van der Waals surface area contributed by atoms with Gasteiger partial charge in [-0.1, -0.05) is 0 Å². The highest BCUT2D eigenvalue weighted by Gasteiger charge is 2.36. The highest BCUT2D eigenvalue weighted by Crippen LogP contribution is 2.35. The van der Waals surface area contributed by atoms with Gasteiger partial charge in [-0.15, -0.1) is 21.5 Å². The molecule has 0 aliphatic heterocycles. The molecule has 13 heavy (non-hydrogen) atoms. The van der Waals surface area contributed by atoms with E-state index in [-0.39, 0.29) is 5.78 Å². The molecule has 1 fully saturated rings. The Labute approximate surface area is 79.6 Å². The molecule has 0 bridgehead atoms.